The average Bonchev–Trinajstić information content (AvgIpc) is 3.30. The molecule has 4 rings (SSSR count). The van der Waals surface area contributed by atoms with Gasteiger partial charge in [0, 0.05) is 37.3 Å². The van der Waals surface area contributed by atoms with Crippen molar-refractivity contribution in [1.82, 2.24) is 25.3 Å². The number of carbonyl (C=O) groups excluding carboxylic acids is 2. The minimum absolute atomic E-state index is 0.116. The molecule has 0 aliphatic carbocycles. The third-order valence-electron chi connectivity index (χ3n) is 5.44. The van der Waals surface area contributed by atoms with E-state index in [9.17, 15) is 9.59 Å². The molecule has 4 aromatic rings. The van der Waals surface area contributed by atoms with Gasteiger partial charge in [0.25, 0.3) is 0 Å². The fourth-order valence-corrected chi connectivity index (χ4v) is 3.75. The maximum absolute atomic E-state index is 13.8. The predicted octanol–water partition coefficient (Wildman–Crippen LogP) is 2.37. The van der Waals surface area contributed by atoms with E-state index in [1.54, 1.807) is 63.0 Å². The Kier molecular flexibility index (Phi) is 7.63. The standard InChI is InChI=1S/C25H26N6O4/c1-34-15-14-27-25(33)24(18-6-5-13-26-16-18)31(19-9-11-20(35-2)12-10-19)23(32)17-30-22-8-4-3-7-21(22)28-29-30/h3-13,16,24H,14-15,17H2,1-2H3,(H,27,33)/t24-/m0/s1. The van der Waals surface area contributed by atoms with Gasteiger partial charge < -0.3 is 14.8 Å². The van der Waals surface area contributed by atoms with Crippen molar-refractivity contribution >= 4 is 28.5 Å². The van der Waals surface area contributed by atoms with Crippen molar-refractivity contribution in [2.24, 2.45) is 0 Å². The Hall–Kier alpha value is -4.31. The number of nitrogens with zero attached hydrogens (tertiary/aromatic N) is 5. The third kappa shape index (κ3) is 5.44. The summed E-state index contributed by atoms with van der Waals surface area (Å²) in [6.07, 6.45) is 3.19. The normalized spacial score (nSPS) is 11.7. The number of carbonyl (C=O) groups is 2. The number of nitrogens with one attached hydrogen (secondary N) is 1. The predicted molar refractivity (Wildman–Crippen MR) is 130 cm³/mol. The number of ether oxygens (including phenoxy) is 2. The molecule has 180 valence electrons. The molecule has 1 N–H and O–H groups in total. The quantitative estimate of drug-likeness (QED) is 0.351. The second-order valence-corrected chi connectivity index (χ2v) is 7.67. The fraction of sp³-hybridized carbons (Fsp3) is 0.240. The number of benzene rings is 2. The van der Waals surface area contributed by atoms with Crippen LogP contribution in [0, 0.1) is 0 Å². The van der Waals surface area contributed by atoms with Crippen LogP contribution in [0.2, 0.25) is 0 Å². The molecule has 10 heteroatoms. The van der Waals surface area contributed by atoms with Crippen molar-refractivity contribution < 1.29 is 19.1 Å². The number of hydrogen-bond acceptors (Lipinski definition) is 7. The van der Waals surface area contributed by atoms with Crippen LogP contribution in [0.1, 0.15) is 11.6 Å². The molecule has 0 saturated carbocycles. The van der Waals surface area contributed by atoms with Gasteiger partial charge in [-0.05, 0) is 42.5 Å². The molecule has 0 saturated heterocycles. The van der Waals surface area contributed by atoms with Crippen LogP contribution in [0.4, 0.5) is 5.69 Å². The van der Waals surface area contributed by atoms with Gasteiger partial charge in [-0.15, -0.1) is 5.10 Å². The minimum atomic E-state index is -0.976. The third-order valence-corrected chi connectivity index (χ3v) is 5.44. The largest absolute Gasteiger partial charge is 0.497 e. The van der Waals surface area contributed by atoms with Gasteiger partial charge in [-0.1, -0.05) is 23.4 Å². The van der Waals surface area contributed by atoms with Gasteiger partial charge in [0.05, 0.1) is 19.2 Å². The van der Waals surface area contributed by atoms with E-state index in [0.29, 0.717) is 35.7 Å². The highest BCUT2D eigenvalue weighted by molar-refractivity contribution is 6.01. The van der Waals surface area contributed by atoms with Crippen molar-refractivity contribution in [3.63, 3.8) is 0 Å². The zero-order valence-electron chi connectivity index (χ0n) is 19.5. The van der Waals surface area contributed by atoms with Gasteiger partial charge in [0.2, 0.25) is 11.8 Å². The summed E-state index contributed by atoms with van der Waals surface area (Å²) in [6, 6.07) is 16.9. The molecule has 0 unspecified atom stereocenters. The van der Waals surface area contributed by atoms with Crippen molar-refractivity contribution in [3.8, 4) is 5.75 Å². The number of anilines is 1. The van der Waals surface area contributed by atoms with Crippen LogP contribution in [0.3, 0.4) is 0 Å². The maximum Gasteiger partial charge on any atom is 0.249 e. The van der Waals surface area contributed by atoms with Crippen molar-refractivity contribution in [1.29, 1.82) is 0 Å². The number of aromatic nitrogens is 4. The highest BCUT2D eigenvalue weighted by Crippen LogP contribution is 2.30. The van der Waals surface area contributed by atoms with Crippen LogP contribution in [0.5, 0.6) is 5.75 Å². The SMILES string of the molecule is COCCNC(=O)[C@H](c1cccnc1)N(C(=O)Cn1nnc2ccccc21)c1ccc(OC)cc1. The number of pyridine rings is 1. The van der Waals surface area contributed by atoms with E-state index in [2.05, 4.69) is 20.6 Å². The van der Waals surface area contributed by atoms with E-state index in [1.807, 2.05) is 24.3 Å². The van der Waals surface area contributed by atoms with E-state index in [-0.39, 0.29) is 18.4 Å². The van der Waals surface area contributed by atoms with Crippen LogP contribution in [0.15, 0.2) is 73.1 Å². The number of amides is 2. The molecule has 1 atom stereocenters. The molecule has 10 nitrogen and oxygen atoms in total. The van der Waals surface area contributed by atoms with Crippen molar-refractivity contribution in [2.45, 2.75) is 12.6 Å². The summed E-state index contributed by atoms with van der Waals surface area (Å²) in [5.41, 5.74) is 2.49. The number of fused-ring (bicyclic) bond motifs is 1. The fourth-order valence-electron chi connectivity index (χ4n) is 3.75. The maximum atomic E-state index is 13.8. The molecule has 2 amide bonds. The molecule has 0 aliphatic rings. The summed E-state index contributed by atoms with van der Waals surface area (Å²) in [5, 5.41) is 11.1. The van der Waals surface area contributed by atoms with Gasteiger partial charge in [-0.3, -0.25) is 19.5 Å². The van der Waals surface area contributed by atoms with Gasteiger partial charge in [0.15, 0.2) is 0 Å². The zero-order chi connectivity index (χ0) is 24.6. The summed E-state index contributed by atoms with van der Waals surface area (Å²) < 4.78 is 11.9. The summed E-state index contributed by atoms with van der Waals surface area (Å²) in [7, 11) is 3.12. The summed E-state index contributed by atoms with van der Waals surface area (Å²) in [5.74, 6) is -0.0740. The molecule has 2 heterocycles. The molecular formula is C25H26N6O4. The summed E-state index contributed by atoms with van der Waals surface area (Å²) in [4.78, 5) is 32.9. The molecule has 0 fully saturated rings. The first-order chi connectivity index (χ1) is 17.1. The lowest BCUT2D eigenvalue weighted by molar-refractivity contribution is -0.127. The average molecular weight is 475 g/mol. The second kappa shape index (κ2) is 11.2. The van der Waals surface area contributed by atoms with Gasteiger partial charge >= 0.3 is 0 Å². The van der Waals surface area contributed by atoms with Crippen molar-refractivity contribution in [2.75, 3.05) is 32.3 Å². The molecule has 35 heavy (non-hydrogen) atoms. The highest BCUT2D eigenvalue weighted by Gasteiger charge is 2.33. The smallest absolute Gasteiger partial charge is 0.249 e. The first-order valence-corrected chi connectivity index (χ1v) is 11.0. The van der Waals surface area contributed by atoms with Gasteiger partial charge in [0.1, 0.15) is 23.9 Å². The van der Waals surface area contributed by atoms with E-state index in [1.165, 1.54) is 9.58 Å². The van der Waals surface area contributed by atoms with E-state index < -0.39 is 6.04 Å². The highest BCUT2D eigenvalue weighted by atomic mass is 16.5. The van der Waals surface area contributed by atoms with Crippen LogP contribution in [0.25, 0.3) is 11.0 Å². The lowest BCUT2D eigenvalue weighted by Crippen LogP contribution is -2.46. The molecule has 0 spiro atoms. The molecule has 0 radical (unpaired) electrons. The van der Waals surface area contributed by atoms with Crippen LogP contribution in [-0.4, -0.2) is 59.2 Å². The lowest BCUT2D eigenvalue weighted by atomic mass is 10.0. The number of para-hydroxylation sites is 1. The molecule has 0 bridgehead atoms. The van der Waals surface area contributed by atoms with Crippen LogP contribution < -0.4 is 15.0 Å². The van der Waals surface area contributed by atoms with Gasteiger partial charge in [-0.25, -0.2) is 4.68 Å². The first kappa shape index (κ1) is 23.8. The Morgan fingerprint density at radius 3 is 2.57 bits per heavy atom. The monoisotopic (exact) mass is 474 g/mol. The number of hydrogen-bond donors (Lipinski definition) is 1. The number of rotatable bonds is 10. The van der Waals surface area contributed by atoms with E-state index in [4.69, 9.17) is 9.47 Å². The molecule has 0 aliphatic heterocycles. The Bertz CT molecular complexity index is 1280. The summed E-state index contributed by atoms with van der Waals surface area (Å²) >= 11 is 0. The Morgan fingerprint density at radius 2 is 1.86 bits per heavy atom. The Labute approximate surface area is 202 Å². The van der Waals surface area contributed by atoms with Gasteiger partial charge in [-0.2, -0.15) is 0 Å². The Morgan fingerprint density at radius 1 is 1.06 bits per heavy atom. The van der Waals surface area contributed by atoms with Crippen LogP contribution >= 0.6 is 0 Å². The molecular weight excluding hydrogens is 448 g/mol. The second-order valence-electron chi connectivity index (χ2n) is 7.67. The van der Waals surface area contributed by atoms with Crippen LogP contribution in [-0.2, 0) is 20.9 Å². The Balaban J connectivity index is 1.75. The zero-order valence-corrected chi connectivity index (χ0v) is 19.5. The van der Waals surface area contributed by atoms with E-state index in [0.717, 1.165) is 5.52 Å². The molecule has 2 aromatic carbocycles. The summed E-state index contributed by atoms with van der Waals surface area (Å²) in [6.45, 7) is 0.520. The topological polar surface area (TPSA) is 111 Å². The number of methoxy groups -OCH3 is 2. The molecule has 2 aromatic heterocycles. The minimum Gasteiger partial charge on any atom is -0.497 e. The van der Waals surface area contributed by atoms with E-state index >= 15 is 0 Å². The first-order valence-electron chi connectivity index (χ1n) is 11.0. The van der Waals surface area contributed by atoms with Crippen molar-refractivity contribution in [3.05, 3.63) is 78.6 Å². The lowest BCUT2D eigenvalue weighted by Gasteiger charge is -2.31.